The summed E-state index contributed by atoms with van der Waals surface area (Å²) < 4.78 is 2.38. The molecule has 0 aliphatic carbocycles. The average Bonchev–Trinajstić information content (AvgIpc) is 3.79. The molecule has 9 rings (SSSR count). The van der Waals surface area contributed by atoms with Gasteiger partial charge in [0.25, 0.3) is 0 Å². The van der Waals surface area contributed by atoms with Crippen LogP contribution in [0.1, 0.15) is 16.7 Å². The Hall–Kier alpha value is -4.96. The third kappa shape index (κ3) is 5.12. The van der Waals surface area contributed by atoms with E-state index in [1.807, 2.05) is 18.3 Å². The number of para-hydroxylation sites is 3. The third-order valence-electron chi connectivity index (χ3n) is 8.68. The Balaban J connectivity index is 0.000000180. The molecule has 0 bridgehead atoms. The molecule has 0 saturated carbocycles. The first-order valence-corrected chi connectivity index (χ1v) is 15.2. The summed E-state index contributed by atoms with van der Waals surface area (Å²) in [6.45, 7) is 8.35. The molecule has 0 atom stereocenters. The van der Waals surface area contributed by atoms with Gasteiger partial charge in [-0.25, -0.2) is 0 Å². The zero-order valence-electron chi connectivity index (χ0n) is 25.8. The molecule has 0 unspecified atom stereocenters. The molecule has 8 aromatic rings. The maximum Gasteiger partial charge on any atom is 3.00 e. The molecule has 4 nitrogen and oxygen atoms in total. The molecule has 224 valence electrons. The van der Waals surface area contributed by atoms with Crippen LogP contribution in [0.15, 0.2) is 128 Å². The number of fused-ring (bicyclic) bond motifs is 6. The maximum absolute atomic E-state index is 4.41. The second kappa shape index (κ2) is 12.1. The van der Waals surface area contributed by atoms with Crippen LogP contribution in [0, 0.1) is 39.6 Å². The second-order valence-corrected chi connectivity index (χ2v) is 11.7. The minimum absolute atomic E-state index is 0. The van der Waals surface area contributed by atoms with Crippen molar-refractivity contribution in [2.75, 3.05) is 9.80 Å². The Morgan fingerprint density at radius 1 is 0.674 bits per heavy atom. The van der Waals surface area contributed by atoms with Gasteiger partial charge in [0.2, 0.25) is 0 Å². The minimum Gasteiger partial charge on any atom is -0.495 e. The number of rotatable bonds is 3. The van der Waals surface area contributed by atoms with Gasteiger partial charge in [-0.15, -0.1) is 59.6 Å². The summed E-state index contributed by atoms with van der Waals surface area (Å²) in [6.07, 6.45) is 6.10. The van der Waals surface area contributed by atoms with E-state index >= 15 is 0 Å². The van der Waals surface area contributed by atoms with Gasteiger partial charge in [0.05, 0.1) is 0 Å². The number of hydrogen-bond donors (Lipinski definition) is 0. The standard InChI is InChI=1S/C27H17N3.C14H14N.Ir/c1-2-8-19(9-3-1)28-14-15-29(18-28)20-16-23-21-10-4-6-12-25(21)30-26-13-7-5-11-22(26)24(17-20)27(23)30;1-10-4-6-13(7-5-10)14-8-11(2)12(3)9-15-14;/h1-16,18H;4-6,8-9H,1-3H3;/q-2;-1;+3. The Morgan fingerprint density at radius 2 is 1.37 bits per heavy atom. The van der Waals surface area contributed by atoms with Gasteiger partial charge in [0, 0.05) is 22.9 Å². The summed E-state index contributed by atoms with van der Waals surface area (Å²) in [5, 5.41) is 4.97. The summed E-state index contributed by atoms with van der Waals surface area (Å²) in [4.78, 5) is 8.69. The van der Waals surface area contributed by atoms with Crippen molar-refractivity contribution in [2.24, 2.45) is 0 Å². The van der Waals surface area contributed by atoms with Crippen LogP contribution in [0.4, 0.5) is 11.4 Å². The molecule has 3 aromatic heterocycles. The smallest absolute Gasteiger partial charge is 0.495 e. The molecule has 5 aromatic carbocycles. The molecule has 4 heterocycles. The van der Waals surface area contributed by atoms with E-state index in [1.165, 1.54) is 54.8 Å². The first-order chi connectivity index (χ1) is 22.0. The van der Waals surface area contributed by atoms with Crippen LogP contribution in [0.2, 0.25) is 0 Å². The van der Waals surface area contributed by atoms with Crippen molar-refractivity contribution in [1.29, 1.82) is 0 Å². The summed E-state index contributed by atoms with van der Waals surface area (Å²) in [5.41, 5.74) is 11.7. The Morgan fingerprint density at radius 3 is 2.11 bits per heavy atom. The quantitative estimate of drug-likeness (QED) is 0.167. The largest absolute Gasteiger partial charge is 3.00 e. The fourth-order valence-electron chi connectivity index (χ4n) is 6.17. The molecule has 5 heteroatoms. The SMILES string of the molecule is Cc1c[c-]c(-c2cc(C)c(C)cn2)cc1.[Ir+3].[c-]1c(N2C=CN(c3ccccc3)[CH-]2)cc2c3ccccc3n3c4ccccc4c1c23. The topological polar surface area (TPSA) is 23.8 Å². The average molecular weight is 772 g/mol. The van der Waals surface area contributed by atoms with Gasteiger partial charge in [-0.2, -0.15) is 0 Å². The number of anilines is 2. The monoisotopic (exact) mass is 772 g/mol. The Bertz CT molecular complexity index is 2250. The maximum atomic E-state index is 4.41. The van der Waals surface area contributed by atoms with E-state index in [9.17, 15) is 0 Å². The van der Waals surface area contributed by atoms with Crippen LogP contribution in [-0.2, 0) is 20.1 Å². The number of benzene rings is 5. The van der Waals surface area contributed by atoms with Crippen molar-refractivity contribution in [3.8, 4) is 11.3 Å². The number of aromatic nitrogens is 2. The third-order valence-corrected chi connectivity index (χ3v) is 8.68. The van der Waals surface area contributed by atoms with E-state index in [0.29, 0.717) is 0 Å². The predicted molar refractivity (Wildman–Crippen MR) is 187 cm³/mol. The molecule has 1 aliphatic heterocycles. The Kier molecular flexibility index (Phi) is 7.82. The molecule has 0 fully saturated rings. The number of aryl methyl sites for hydroxylation is 3. The predicted octanol–water partition coefficient (Wildman–Crippen LogP) is 10.0. The van der Waals surface area contributed by atoms with Crippen molar-refractivity contribution < 1.29 is 20.1 Å². The van der Waals surface area contributed by atoms with E-state index in [4.69, 9.17) is 0 Å². The van der Waals surface area contributed by atoms with Crippen LogP contribution < -0.4 is 9.80 Å². The zero-order chi connectivity index (χ0) is 30.5. The van der Waals surface area contributed by atoms with Crippen molar-refractivity contribution in [2.45, 2.75) is 20.8 Å². The summed E-state index contributed by atoms with van der Waals surface area (Å²) in [6, 6.07) is 45.1. The van der Waals surface area contributed by atoms with Crippen molar-refractivity contribution in [1.82, 2.24) is 9.38 Å². The van der Waals surface area contributed by atoms with Crippen LogP contribution in [0.5, 0.6) is 0 Å². The second-order valence-electron chi connectivity index (χ2n) is 11.7. The van der Waals surface area contributed by atoms with Crippen LogP contribution >= 0.6 is 0 Å². The van der Waals surface area contributed by atoms with E-state index in [2.05, 4.69) is 168 Å². The molecule has 0 amide bonds. The zero-order valence-corrected chi connectivity index (χ0v) is 28.2. The number of nitrogens with zero attached hydrogens (tertiary/aromatic N) is 4. The normalized spacial score (nSPS) is 12.7. The van der Waals surface area contributed by atoms with Crippen molar-refractivity contribution in [3.63, 3.8) is 0 Å². The number of hydrogen-bond acceptors (Lipinski definition) is 3. The first-order valence-electron chi connectivity index (χ1n) is 15.2. The van der Waals surface area contributed by atoms with Crippen LogP contribution in [0.3, 0.4) is 0 Å². The molecule has 1 aliphatic rings. The van der Waals surface area contributed by atoms with Gasteiger partial charge >= 0.3 is 20.1 Å². The molecular weight excluding hydrogens is 741 g/mol. The van der Waals surface area contributed by atoms with Gasteiger partial charge in [0.15, 0.2) is 0 Å². The van der Waals surface area contributed by atoms with Gasteiger partial charge < -0.3 is 19.2 Å². The summed E-state index contributed by atoms with van der Waals surface area (Å²) >= 11 is 0. The van der Waals surface area contributed by atoms with Gasteiger partial charge in [-0.1, -0.05) is 89.6 Å². The fraction of sp³-hybridized carbons (Fsp3) is 0.0732. The van der Waals surface area contributed by atoms with Gasteiger partial charge in [-0.3, -0.25) is 0 Å². The van der Waals surface area contributed by atoms with Crippen LogP contribution in [0.25, 0.3) is 49.4 Å². The van der Waals surface area contributed by atoms with Crippen molar-refractivity contribution in [3.05, 3.63) is 163 Å². The van der Waals surface area contributed by atoms with E-state index in [-0.39, 0.29) is 20.1 Å². The van der Waals surface area contributed by atoms with E-state index < -0.39 is 0 Å². The molecule has 46 heavy (non-hydrogen) atoms. The molecule has 0 saturated heterocycles. The minimum atomic E-state index is 0. The first kappa shape index (κ1) is 29.7. The number of pyridine rings is 1. The molecule has 0 spiro atoms. The van der Waals surface area contributed by atoms with E-state index in [0.717, 1.165) is 22.6 Å². The van der Waals surface area contributed by atoms with Gasteiger partial charge in [0.1, 0.15) is 0 Å². The van der Waals surface area contributed by atoms with Crippen molar-refractivity contribution >= 4 is 49.5 Å². The molecule has 0 radical (unpaired) electrons. The molecular formula is C41H31IrN4. The molecule has 0 N–H and O–H groups in total. The Labute approximate surface area is 282 Å². The van der Waals surface area contributed by atoms with Crippen LogP contribution in [-0.4, -0.2) is 9.38 Å². The van der Waals surface area contributed by atoms with Gasteiger partial charge in [-0.05, 0) is 72.7 Å². The summed E-state index contributed by atoms with van der Waals surface area (Å²) in [7, 11) is 0. The van der Waals surface area contributed by atoms with E-state index in [1.54, 1.807) is 0 Å². The fourth-order valence-corrected chi connectivity index (χ4v) is 6.17. The summed E-state index contributed by atoms with van der Waals surface area (Å²) in [5.74, 6) is 0.